The molecule has 0 saturated carbocycles. The summed E-state index contributed by atoms with van der Waals surface area (Å²) in [6, 6.07) is 2.62. The number of nitrogens with one attached hydrogen (secondary N) is 1. The Morgan fingerprint density at radius 2 is 1.70 bits per heavy atom. The fourth-order valence-corrected chi connectivity index (χ4v) is 2.37. The van der Waals surface area contributed by atoms with Gasteiger partial charge < -0.3 is 14.2 Å². The van der Waals surface area contributed by atoms with Crippen LogP contribution in [-0.2, 0) is 20.7 Å². The highest BCUT2D eigenvalue weighted by molar-refractivity contribution is 7.85. The maximum Gasteiger partial charge on any atom is 0.412 e. The molecule has 1 amide bonds. The first-order chi connectivity index (χ1) is 10.4. The van der Waals surface area contributed by atoms with Gasteiger partial charge in [0.1, 0.15) is 11.4 Å². The normalized spacial score (nSPS) is 11.7. The molecule has 9 heteroatoms. The molecule has 23 heavy (non-hydrogen) atoms. The molecule has 0 spiro atoms. The van der Waals surface area contributed by atoms with E-state index in [4.69, 9.17) is 14.2 Å². The second-order valence-electron chi connectivity index (χ2n) is 5.67. The van der Waals surface area contributed by atoms with E-state index in [0.717, 1.165) is 0 Å². The third-order valence-electron chi connectivity index (χ3n) is 2.57. The van der Waals surface area contributed by atoms with Crippen LogP contribution in [0.4, 0.5) is 14.4 Å². The predicted octanol–water partition coefficient (Wildman–Crippen LogP) is 2.85. The van der Waals surface area contributed by atoms with Crippen LogP contribution in [0, 0.1) is 0 Å². The van der Waals surface area contributed by atoms with E-state index >= 15 is 0 Å². The monoisotopic (exact) mass is 349 g/mol. The summed E-state index contributed by atoms with van der Waals surface area (Å²) >= 11 is 0. The Morgan fingerprint density at radius 1 is 1.17 bits per heavy atom. The second kappa shape index (κ2) is 7.03. The maximum atomic E-state index is 13.0. The maximum absolute atomic E-state index is 13.0. The molecule has 0 aliphatic rings. The van der Waals surface area contributed by atoms with Crippen molar-refractivity contribution in [2.45, 2.75) is 32.1 Å². The first-order valence-electron chi connectivity index (χ1n) is 6.62. The van der Waals surface area contributed by atoms with Gasteiger partial charge in [0, 0.05) is 6.07 Å². The van der Waals surface area contributed by atoms with E-state index < -0.39 is 27.7 Å². The summed E-state index contributed by atoms with van der Waals surface area (Å²) in [7, 11) is -2.07. The Hall–Kier alpha value is -2.03. The van der Waals surface area contributed by atoms with Gasteiger partial charge in [0.05, 0.1) is 19.9 Å². The van der Waals surface area contributed by atoms with Crippen molar-refractivity contribution in [2.24, 2.45) is 0 Å². The lowest BCUT2D eigenvalue weighted by atomic mass is 10.1. The number of rotatable bonds is 5. The third-order valence-corrected chi connectivity index (χ3v) is 3.23. The molecule has 1 rings (SSSR count). The van der Waals surface area contributed by atoms with Crippen LogP contribution in [0.2, 0.25) is 0 Å². The molecule has 0 aromatic heterocycles. The Morgan fingerprint density at radius 3 is 2.13 bits per heavy atom. The standard InChI is InChI=1S/C14H20FNO6S/c1-14(2,3)22-13(17)16-10-7-12(21-5)11(20-4)6-9(10)8-23(15,18)19/h6-7H,8H2,1-5H3,(H,16,17). The first-order valence-corrected chi connectivity index (χ1v) is 8.17. The molecule has 1 aromatic rings. The lowest BCUT2D eigenvalue weighted by molar-refractivity contribution is 0.0635. The van der Waals surface area contributed by atoms with E-state index in [9.17, 15) is 17.1 Å². The molecule has 0 aliphatic heterocycles. The zero-order valence-corrected chi connectivity index (χ0v) is 14.4. The minimum Gasteiger partial charge on any atom is -0.493 e. The molecule has 0 unspecified atom stereocenters. The van der Waals surface area contributed by atoms with Crippen LogP contribution < -0.4 is 14.8 Å². The number of benzene rings is 1. The van der Waals surface area contributed by atoms with Gasteiger partial charge in [0.15, 0.2) is 11.5 Å². The number of carbonyl (C=O) groups excluding carboxylic acids is 1. The van der Waals surface area contributed by atoms with Gasteiger partial charge in [-0.05, 0) is 32.4 Å². The van der Waals surface area contributed by atoms with E-state index in [1.807, 2.05) is 0 Å². The average molecular weight is 349 g/mol. The van der Waals surface area contributed by atoms with Crippen LogP contribution in [0.3, 0.4) is 0 Å². The van der Waals surface area contributed by atoms with Crippen molar-refractivity contribution >= 4 is 22.0 Å². The smallest absolute Gasteiger partial charge is 0.412 e. The lowest BCUT2D eigenvalue weighted by Crippen LogP contribution is -2.27. The third kappa shape index (κ3) is 6.31. The summed E-state index contributed by atoms with van der Waals surface area (Å²) < 4.78 is 50.1. The summed E-state index contributed by atoms with van der Waals surface area (Å²) in [6.07, 6.45) is -0.803. The van der Waals surface area contributed by atoms with Gasteiger partial charge in [-0.2, -0.15) is 8.42 Å². The summed E-state index contributed by atoms with van der Waals surface area (Å²) in [5.41, 5.74) is -0.679. The van der Waals surface area contributed by atoms with Gasteiger partial charge in [0.2, 0.25) is 0 Å². The number of methoxy groups -OCH3 is 2. The van der Waals surface area contributed by atoms with Crippen molar-refractivity contribution < 1.29 is 31.3 Å². The Balaban J connectivity index is 3.23. The highest BCUT2D eigenvalue weighted by Crippen LogP contribution is 2.34. The molecular formula is C14H20FNO6S. The van der Waals surface area contributed by atoms with E-state index in [2.05, 4.69) is 5.32 Å². The fraction of sp³-hybridized carbons (Fsp3) is 0.500. The molecule has 0 saturated heterocycles. The fourth-order valence-electron chi connectivity index (χ4n) is 1.76. The number of anilines is 1. The molecule has 0 radical (unpaired) electrons. The van der Waals surface area contributed by atoms with Crippen LogP contribution in [0.25, 0.3) is 0 Å². The molecule has 7 nitrogen and oxygen atoms in total. The first kappa shape index (κ1) is 19.0. The topological polar surface area (TPSA) is 90.9 Å². The number of ether oxygens (including phenoxy) is 3. The highest BCUT2D eigenvalue weighted by atomic mass is 32.3. The Bertz CT molecular complexity index is 681. The molecule has 0 bridgehead atoms. The molecule has 1 N–H and O–H groups in total. The Labute approximate surface area is 134 Å². The van der Waals surface area contributed by atoms with Crippen LogP contribution in [0.15, 0.2) is 12.1 Å². The molecular weight excluding hydrogens is 329 g/mol. The summed E-state index contributed by atoms with van der Waals surface area (Å²) in [6.45, 7) is 5.02. The molecule has 0 heterocycles. The van der Waals surface area contributed by atoms with Crippen molar-refractivity contribution in [1.82, 2.24) is 0 Å². The van der Waals surface area contributed by atoms with E-state index in [0.29, 0.717) is 0 Å². The molecule has 130 valence electrons. The highest BCUT2D eigenvalue weighted by Gasteiger charge is 2.21. The number of carbonyl (C=O) groups is 1. The summed E-state index contributed by atoms with van der Waals surface area (Å²) in [5, 5.41) is 2.39. The van der Waals surface area contributed by atoms with Gasteiger partial charge in [-0.15, -0.1) is 3.89 Å². The van der Waals surface area contributed by atoms with Crippen LogP contribution >= 0.6 is 0 Å². The van der Waals surface area contributed by atoms with Gasteiger partial charge in [-0.25, -0.2) is 4.79 Å². The van der Waals surface area contributed by atoms with Crippen LogP contribution in [0.5, 0.6) is 11.5 Å². The average Bonchev–Trinajstić information content (AvgIpc) is 2.36. The zero-order chi connectivity index (χ0) is 17.8. The molecule has 0 fully saturated rings. The quantitative estimate of drug-likeness (QED) is 0.822. The van der Waals surface area contributed by atoms with Crippen molar-refractivity contribution in [3.63, 3.8) is 0 Å². The van der Waals surface area contributed by atoms with Crippen LogP contribution in [0.1, 0.15) is 26.3 Å². The number of hydrogen-bond acceptors (Lipinski definition) is 6. The number of hydrogen-bond donors (Lipinski definition) is 1. The van der Waals surface area contributed by atoms with Gasteiger partial charge in [0.25, 0.3) is 0 Å². The summed E-state index contributed by atoms with van der Waals surface area (Å²) in [5.74, 6) is -0.460. The van der Waals surface area contributed by atoms with Crippen LogP contribution in [-0.4, -0.2) is 34.3 Å². The van der Waals surface area contributed by atoms with E-state index in [-0.39, 0.29) is 22.7 Å². The zero-order valence-electron chi connectivity index (χ0n) is 13.6. The van der Waals surface area contributed by atoms with Gasteiger partial charge >= 0.3 is 16.3 Å². The van der Waals surface area contributed by atoms with Gasteiger partial charge in [-0.3, -0.25) is 5.32 Å². The number of amides is 1. The van der Waals surface area contributed by atoms with E-state index in [1.54, 1.807) is 20.8 Å². The SMILES string of the molecule is COc1cc(CS(=O)(=O)F)c(NC(=O)OC(C)(C)C)cc1OC. The largest absolute Gasteiger partial charge is 0.493 e. The van der Waals surface area contributed by atoms with Gasteiger partial charge in [-0.1, -0.05) is 0 Å². The molecule has 0 aliphatic carbocycles. The molecule has 0 atom stereocenters. The number of halogens is 1. The molecule has 1 aromatic carbocycles. The Kier molecular flexibility index (Phi) is 5.81. The predicted molar refractivity (Wildman–Crippen MR) is 83.1 cm³/mol. The van der Waals surface area contributed by atoms with Crippen molar-refractivity contribution in [3.05, 3.63) is 17.7 Å². The van der Waals surface area contributed by atoms with E-state index in [1.165, 1.54) is 26.4 Å². The minimum atomic E-state index is -4.80. The van der Waals surface area contributed by atoms with Crippen molar-refractivity contribution in [2.75, 3.05) is 19.5 Å². The van der Waals surface area contributed by atoms with Crippen molar-refractivity contribution in [3.8, 4) is 11.5 Å². The summed E-state index contributed by atoms with van der Waals surface area (Å²) in [4.78, 5) is 11.9. The second-order valence-corrected chi connectivity index (χ2v) is 7.04. The van der Waals surface area contributed by atoms with Crippen molar-refractivity contribution in [1.29, 1.82) is 0 Å². The lowest BCUT2D eigenvalue weighted by Gasteiger charge is -2.21. The minimum absolute atomic E-state index is 0.0102.